The molecule has 5 N–H and O–H groups in total. The van der Waals surface area contributed by atoms with E-state index < -0.39 is 47.6 Å². The topological polar surface area (TPSA) is 164 Å². The summed E-state index contributed by atoms with van der Waals surface area (Å²) in [5.74, 6) is -2.74. The molecule has 3 atom stereocenters. The van der Waals surface area contributed by atoms with Gasteiger partial charge >= 0.3 is 0 Å². The fraction of sp³-hybridized carbons (Fsp3) is 0.333. The van der Waals surface area contributed by atoms with Crippen LogP contribution in [0, 0.1) is 12.8 Å². The number of nitrogens with zero attached hydrogens (tertiary/aromatic N) is 2. The lowest BCUT2D eigenvalue weighted by Gasteiger charge is -2.26. The molecule has 2 aromatic heterocycles. The molecule has 10 heteroatoms. The summed E-state index contributed by atoms with van der Waals surface area (Å²) in [7, 11) is 0. The molecule has 4 aromatic rings. The summed E-state index contributed by atoms with van der Waals surface area (Å²) in [6, 6.07) is 18.4. The number of primary amides is 1. The molecule has 0 saturated heterocycles. The summed E-state index contributed by atoms with van der Waals surface area (Å²) in [5, 5.41) is 18.1. The molecule has 4 rings (SSSR count). The van der Waals surface area contributed by atoms with E-state index in [1.807, 2.05) is 52.0 Å². The number of carbonyl (C=O) groups is 4. The van der Waals surface area contributed by atoms with E-state index in [0.29, 0.717) is 23.1 Å². The number of aromatic nitrogens is 2. The van der Waals surface area contributed by atoms with Crippen LogP contribution in [0.25, 0.3) is 10.9 Å². The molecular weight excluding hydrogens is 582 g/mol. The number of aliphatic hydroxyl groups is 1. The van der Waals surface area contributed by atoms with E-state index in [0.717, 1.165) is 16.5 Å². The summed E-state index contributed by atoms with van der Waals surface area (Å²) < 4.78 is 0. The summed E-state index contributed by atoms with van der Waals surface area (Å²) in [6.07, 6.45) is 2.04. The quantitative estimate of drug-likeness (QED) is 0.176. The van der Waals surface area contributed by atoms with Gasteiger partial charge in [-0.3, -0.25) is 24.2 Å². The average molecular weight is 624 g/mol. The van der Waals surface area contributed by atoms with Gasteiger partial charge in [0.15, 0.2) is 5.78 Å². The Morgan fingerprint density at radius 3 is 2.33 bits per heavy atom. The van der Waals surface area contributed by atoms with Crippen molar-refractivity contribution in [1.29, 1.82) is 0 Å². The standard InChI is InChI=1S/C36H41N5O5/c1-22-16-30(39-28-14-8-7-12-26(22)28)35(46)40-29(20-33(37)44)32(43)19-25(17-23-10-9-15-38-21-23)31(42)18-24-11-5-6-13-27(24)34(45)41-36(2,3)4/h5-16,21,25,29,31,42H,17-20H2,1-4H3,(H2,37,44)(H,40,46)(H,41,45)/t25-,29-,31+/m0/s1. The summed E-state index contributed by atoms with van der Waals surface area (Å²) in [6.45, 7) is 7.52. The van der Waals surface area contributed by atoms with Gasteiger partial charge in [0.05, 0.1) is 24.1 Å². The van der Waals surface area contributed by atoms with Crippen molar-refractivity contribution in [3.05, 3.63) is 107 Å². The van der Waals surface area contributed by atoms with E-state index in [1.54, 1.807) is 54.9 Å². The van der Waals surface area contributed by atoms with Crippen LogP contribution in [0.15, 0.2) is 79.1 Å². The second-order valence-electron chi connectivity index (χ2n) is 12.7. The fourth-order valence-corrected chi connectivity index (χ4v) is 5.43. The highest BCUT2D eigenvalue weighted by molar-refractivity contribution is 6.00. The third-order valence-corrected chi connectivity index (χ3v) is 7.66. The first kappa shape index (κ1) is 33.9. The Bertz CT molecular complexity index is 1720. The van der Waals surface area contributed by atoms with Gasteiger partial charge in [-0.25, -0.2) is 4.98 Å². The maximum Gasteiger partial charge on any atom is 0.270 e. The number of Topliss-reactive ketones (excluding diaryl/α,β-unsaturated/α-hetero) is 1. The fourth-order valence-electron chi connectivity index (χ4n) is 5.43. The smallest absolute Gasteiger partial charge is 0.270 e. The third kappa shape index (κ3) is 9.28. The molecule has 46 heavy (non-hydrogen) atoms. The van der Waals surface area contributed by atoms with Gasteiger partial charge in [0.25, 0.3) is 11.8 Å². The van der Waals surface area contributed by atoms with Crippen molar-refractivity contribution in [2.75, 3.05) is 0 Å². The van der Waals surface area contributed by atoms with Crippen LogP contribution in [-0.2, 0) is 22.4 Å². The second-order valence-corrected chi connectivity index (χ2v) is 12.7. The molecule has 0 spiro atoms. The van der Waals surface area contributed by atoms with Gasteiger partial charge < -0.3 is 21.5 Å². The van der Waals surface area contributed by atoms with E-state index in [2.05, 4.69) is 20.6 Å². The minimum absolute atomic E-state index is 0.0963. The average Bonchev–Trinajstić information content (AvgIpc) is 3.00. The molecule has 0 unspecified atom stereocenters. The number of fused-ring (bicyclic) bond motifs is 1. The van der Waals surface area contributed by atoms with Crippen LogP contribution in [-0.4, -0.2) is 56.3 Å². The number of aliphatic hydroxyl groups excluding tert-OH is 1. The highest BCUT2D eigenvalue weighted by Crippen LogP contribution is 2.24. The zero-order valence-corrected chi connectivity index (χ0v) is 26.6. The number of rotatable bonds is 13. The molecule has 3 amide bonds. The Morgan fingerprint density at radius 1 is 0.913 bits per heavy atom. The number of nitrogens with one attached hydrogen (secondary N) is 2. The van der Waals surface area contributed by atoms with Crippen molar-refractivity contribution < 1.29 is 24.3 Å². The molecule has 10 nitrogen and oxygen atoms in total. The van der Waals surface area contributed by atoms with E-state index >= 15 is 0 Å². The maximum absolute atomic E-state index is 13.8. The van der Waals surface area contributed by atoms with E-state index in [9.17, 15) is 24.3 Å². The molecule has 0 radical (unpaired) electrons. The van der Waals surface area contributed by atoms with Crippen LogP contribution in [0.4, 0.5) is 0 Å². The molecule has 0 aliphatic heterocycles. The molecule has 0 fully saturated rings. The summed E-state index contributed by atoms with van der Waals surface area (Å²) in [4.78, 5) is 60.8. The molecule has 240 valence electrons. The number of pyridine rings is 2. The SMILES string of the molecule is Cc1cc(C(=O)N[C@@H](CC(N)=O)C(=O)C[C@H](Cc2cccnc2)[C@H](O)Cc2ccccc2C(=O)NC(C)(C)C)nc2ccccc12. The summed E-state index contributed by atoms with van der Waals surface area (Å²) >= 11 is 0. The Labute approximate surface area is 268 Å². The van der Waals surface area contributed by atoms with Gasteiger partial charge in [0.1, 0.15) is 5.69 Å². The van der Waals surface area contributed by atoms with E-state index in [1.165, 1.54) is 0 Å². The highest BCUT2D eigenvalue weighted by Gasteiger charge is 2.31. The largest absolute Gasteiger partial charge is 0.392 e. The Morgan fingerprint density at radius 2 is 1.63 bits per heavy atom. The minimum atomic E-state index is -1.23. The number of carbonyl (C=O) groups excluding carboxylic acids is 4. The van der Waals surface area contributed by atoms with Gasteiger partial charge in [-0.1, -0.05) is 42.5 Å². The zero-order chi connectivity index (χ0) is 33.4. The number of amides is 3. The minimum Gasteiger partial charge on any atom is -0.392 e. The van der Waals surface area contributed by atoms with Gasteiger partial charge in [-0.05, 0) is 87.4 Å². The Balaban J connectivity index is 1.58. The normalized spacial score (nSPS) is 13.4. The Hall–Kier alpha value is -4.96. The first-order chi connectivity index (χ1) is 21.8. The van der Waals surface area contributed by atoms with Crippen molar-refractivity contribution in [1.82, 2.24) is 20.6 Å². The second kappa shape index (κ2) is 14.9. The highest BCUT2D eigenvalue weighted by atomic mass is 16.3. The van der Waals surface area contributed by atoms with Crippen LogP contribution >= 0.6 is 0 Å². The summed E-state index contributed by atoms with van der Waals surface area (Å²) in [5.41, 5.74) is 8.46. The van der Waals surface area contributed by atoms with Crippen LogP contribution in [0.5, 0.6) is 0 Å². The molecular formula is C36H41N5O5. The third-order valence-electron chi connectivity index (χ3n) is 7.66. The lowest BCUT2D eigenvalue weighted by Crippen LogP contribution is -2.45. The number of para-hydroxylation sites is 1. The van der Waals surface area contributed by atoms with Crippen molar-refractivity contribution in [2.45, 2.75) is 71.1 Å². The maximum atomic E-state index is 13.8. The number of ketones is 1. The first-order valence-corrected chi connectivity index (χ1v) is 15.3. The lowest BCUT2D eigenvalue weighted by molar-refractivity contribution is -0.126. The molecule has 0 saturated carbocycles. The monoisotopic (exact) mass is 623 g/mol. The van der Waals surface area contributed by atoms with Gasteiger partial charge in [0.2, 0.25) is 5.91 Å². The van der Waals surface area contributed by atoms with E-state index in [4.69, 9.17) is 5.73 Å². The lowest BCUT2D eigenvalue weighted by atomic mass is 9.84. The molecule has 0 aliphatic rings. The zero-order valence-electron chi connectivity index (χ0n) is 26.6. The predicted octanol–water partition coefficient (Wildman–Crippen LogP) is 3.86. The van der Waals surface area contributed by atoms with Crippen LogP contribution in [0.1, 0.15) is 71.1 Å². The van der Waals surface area contributed by atoms with Gasteiger partial charge in [-0.15, -0.1) is 0 Å². The molecule has 2 aromatic carbocycles. The number of hydrogen-bond acceptors (Lipinski definition) is 7. The van der Waals surface area contributed by atoms with E-state index in [-0.39, 0.29) is 24.4 Å². The number of hydrogen-bond donors (Lipinski definition) is 4. The molecule has 0 aliphatic carbocycles. The van der Waals surface area contributed by atoms with Crippen molar-refractivity contribution in [3.63, 3.8) is 0 Å². The molecule has 0 bridgehead atoms. The van der Waals surface area contributed by atoms with Crippen LogP contribution in [0.3, 0.4) is 0 Å². The van der Waals surface area contributed by atoms with Gasteiger partial charge in [0, 0.05) is 35.3 Å². The first-order valence-electron chi connectivity index (χ1n) is 15.3. The molecule has 2 heterocycles. The number of nitrogens with two attached hydrogens (primary N) is 1. The Kier molecular flexibility index (Phi) is 11.0. The van der Waals surface area contributed by atoms with Gasteiger partial charge in [-0.2, -0.15) is 0 Å². The van der Waals surface area contributed by atoms with Crippen molar-refractivity contribution in [3.8, 4) is 0 Å². The van der Waals surface area contributed by atoms with Crippen molar-refractivity contribution >= 4 is 34.4 Å². The van der Waals surface area contributed by atoms with Crippen LogP contribution < -0.4 is 16.4 Å². The number of benzene rings is 2. The van der Waals surface area contributed by atoms with Crippen LogP contribution in [0.2, 0.25) is 0 Å². The number of aryl methyl sites for hydroxylation is 1. The van der Waals surface area contributed by atoms with Crippen molar-refractivity contribution in [2.24, 2.45) is 11.7 Å². The predicted molar refractivity (Wildman–Crippen MR) is 176 cm³/mol.